The quantitative estimate of drug-likeness (QED) is 0.817. The average molecular weight is 219 g/mol. The zero-order valence-electron chi connectivity index (χ0n) is 8.25. The molecule has 0 aliphatic heterocycles. The number of oxazole rings is 1. The smallest absolute Gasteiger partial charge is 0.335 e. The van der Waals surface area contributed by atoms with Crippen LogP contribution in [-0.2, 0) is 6.61 Å². The number of carboxylic acid groups (broad SMARTS) is 1. The summed E-state index contributed by atoms with van der Waals surface area (Å²) in [7, 11) is 0. The van der Waals surface area contributed by atoms with E-state index in [9.17, 15) is 4.79 Å². The molecule has 0 unspecified atom stereocenters. The Morgan fingerprint density at radius 3 is 2.81 bits per heavy atom. The summed E-state index contributed by atoms with van der Waals surface area (Å²) in [6, 6.07) is 4.47. The van der Waals surface area contributed by atoms with Gasteiger partial charge in [-0.05, 0) is 17.7 Å². The second-order valence-electron chi connectivity index (χ2n) is 3.21. The normalized spacial score (nSPS) is 10.3. The van der Waals surface area contributed by atoms with Crippen molar-refractivity contribution in [2.45, 2.75) is 6.61 Å². The predicted molar refractivity (Wildman–Crippen MR) is 54.8 cm³/mol. The van der Waals surface area contributed by atoms with Crippen LogP contribution in [0.2, 0.25) is 0 Å². The molecule has 82 valence electrons. The Bertz CT molecular complexity index is 505. The van der Waals surface area contributed by atoms with Crippen molar-refractivity contribution < 1.29 is 19.4 Å². The maximum absolute atomic E-state index is 10.8. The summed E-state index contributed by atoms with van der Waals surface area (Å²) >= 11 is 0. The average Bonchev–Trinajstić information content (AvgIpc) is 2.81. The van der Waals surface area contributed by atoms with Crippen LogP contribution in [0, 0.1) is 0 Å². The van der Waals surface area contributed by atoms with Gasteiger partial charge >= 0.3 is 5.97 Å². The molecule has 2 rings (SSSR count). The van der Waals surface area contributed by atoms with E-state index >= 15 is 0 Å². The van der Waals surface area contributed by atoms with Gasteiger partial charge in [-0.15, -0.1) is 0 Å². The van der Waals surface area contributed by atoms with Gasteiger partial charge in [-0.2, -0.15) is 0 Å². The maximum atomic E-state index is 10.8. The molecule has 0 atom stereocenters. The Hall–Kier alpha value is -2.14. The number of aromatic carboxylic acids is 1. The first kappa shape index (κ1) is 10.4. The van der Waals surface area contributed by atoms with Crippen LogP contribution in [-0.4, -0.2) is 21.2 Å². The summed E-state index contributed by atoms with van der Waals surface area (Å²) in [5, 5.41) is 18.0. The Kier molecular flexibility index (Phi) is 2.70. The molecule has 0 bridgehead atoms. The molecule has 0 fully saturated rings. The maximum Gasteiger partial charge on any atom is 0.335 e. The van der Waals surface area contributed by atoms with Gasteiger partial charge in [0.25, 0.3) is 0 Å². The molecule has 0 radical (unpaired) electrons. The number of benzene rings is 1. The highest BCUT2D eigenvalue weighted by Gasteiger charge is 2.11. The number of rotatable bonds is 3. The van der Waals surface area contributed by atoms with E-state index in [-0.39, 0.29) is 12.2 Å². The molecule has 2 aromatic rings. The van der Waals surface area contributed by atoms with Gasteiger partial charge in [-0.3, -0.25) is 0 Å². The van der Waals surface area contributed by atoms with Gasteiger partial charge in [0, 0.05) is 5.56 Å². The molecule has 2 N–H and O–H groups in total. The third kappa shape index (κ3) is 1.80. The van der Waals surface area contributed by atoms with Gasteiger partial charge in [-0.25, -0.2) is 9.78 Å². The van der Waals surface area contributed by atoms with Crippen LogP contribution in [0.4, 0.5) is 0 Å². The van der Waals surface area contributed by atoms with Crippen molar-refractivity contribution in [1.82, 2.24) is 4.98 Å². The van der Waals surface area contributed by atoms with Gasteiger partial charge in [0.15, 0.2) is 6.39 Å². The molecular formula is C11H9NO4. The number of nitrogens with zero attached hydrogens (tertiary/aromatic N) is 1. The van der Waals surface area contributed by atoms with Crippen molar-refractivity contribution >= 4 is 5.97 Å². The highest BCUT2D eigenvalue weighted by atomic mass is 16.4. The second kappa shape index (κ2) is 4.16. The Balaban J connectivity index is 2.56. The molecule has 0 saturated heterocycles. The van der Waals surface area contributed by atoms with Crippen molar-refractivity contribution in [1.29, 1.82) is 0 Å². The number of hydrogen-bond acceptors (Lipinski definition) is 4. The molecule has 1 aromatic carbocycles. The zero-order valence-corrected chi connectivity index (χ0v) is 8.25. The van der Waals surface area contributed by atoms with E-state index in [1.165, 1.54) is 24.8 Å². The molecule has 1 aromatic heterocycles. The molecule has 0 saturated carbocycles. The Morgan fingerprint density at radius 1 is 1.44 bits per heavy atom. The molecule has 0 aliphatic carbocycles. The van der Waals surface area contributed by atoms with E-state index in [0.717, 1.165) is 0 Å². The number of aliphatic hydroxyl groups is 1. The molecule has 0 aliphatic rings. The zero-order chi connectivity index (χ0) is 11.5. The van der Waals surface area contributed by atoms with Crippen molar-refractivity contribution in [2.24, 2.45) is 0 Å². The van der Waals surface area contributed by atoms with Crippen LogP contribution < -0.4 is 0 Å². The van der Waals surface area contributed by atoms with E-state index in [1.807, 2.05) is 0 Å². The molecule has 16 heavy (non-hydrogen) atoms. The number of carboxylic acids is 1. The van der Waals surface area contributed by atoms with Crippen LogP contribution in [0.25, 0.3) is 11.3 Å². The number of aliphatic hydroxyl groups excluding tert-OH is 1. The monoisotopic (exact) mass is 219 g/mol. The van der Waals surface area contributed by atoms with Crippen LogP contribution in [0.1, 0.15) is 15.9 Å². The summed E-state index contributed by atoms with van der Waals surface area (Å²) < 4.78 is 4.83. The van der Waals surface area contributed by atoms with E-state index in [2.05, 4.69) is 4.98 Å². The number of aromatic nitrogens is 1. The van der Waals surface area contributed by atoms with Crippen LogP contribution in [0.5, 0.6) is 0 Å². The first-order valence-electron chi connectivity index (χ1n) is 4.58. The highest BCUT2D eigenvalue weighted by molar-refractivity contribution is 5.89. The molecule has 5 nitrogen and oxygen atoms in total. The fourth-order valence-electron chi connectivity index (χ4n) is 1.43. The summed E-state index contributed by atoms with van der Waals surface area (Å²) in [5.74, 6) is -1.02. The largest absolute Gasteiger partial charge is 0.478 e. The lowest BCUT2D eigenvalue weighted by molar-refractivity contribution is 0.0697. The van der Waals surface area contributed by atoms with Gasteiger partial charge in [0.2, 0.25) is 0 Å². The Morgan fingerprint density at radius 2 is 2.25 bits per heavy atom. The van der Waals surface area contributed by atoms with E-state index in [0.29, 0.717) is 16.8 Å². The van der Waals surface area contributed by atoms with Gasteiger partial charge in [0.1, 0.15) is 12.0 Å². The van der Waals surface area contributed by atoms with Crippen molar-refractivity contribution in [2.75, 3.05) is 0 Å². The lowest BCUT2D eigenvalue weighted by Gasteiger charge is -2.05. The number of carbonyl (C=O) groups is 1. The van der Waals surface area contributed by atoms with Crippen molar-refractivity contribution in [3.8, 4) is 11.3 Å². The van der Waals surface area contributed by atoms with Gasteiger partial charge in [-0.1, -0.05) is 6.07 Å². The molecule has 0 amide bonds. The molecular weight excluding hydrogens is 210 g/mol. The fourth-order valence-corrected chi connectivity index (χ4v) is 1.43. The fraction of sp³-hybridized carbons (Fsp3) is 0.0909. The van der Waals surface area contributed by atoms with Crippen molar-refractivity contribution in [3.63, 3.8) is 0 Å². The summed E-state index contributed by atoms with van der Waals surface area (Å²) in [5.41, 5.74) is 1.83. The first-order chi connectivity index (χ1) is 7.72. The summed E-state index contributed by atoms with van der Waals surface area (Å²) in [4.78, 5) is 14.7. The first-order valence-corrected chi connectivity index (χ1v) is 4.58. The minimum absolute atomic E-state index is 0.148. The van der Waals surface area contributed by atoms with E-state index in [4.69, 9.17) is 14.6 Å². The van der Waals surface area contributed by atoms with Gasteiger partial charge < -0.3 is 14.6 Å². The highest BCUT2D eigenvalue weighted by Crippen LogP contribution is 2.23. The van der Waals surface area contributed by atoms with Crippen LogP contribution >= 0.6 is 0 Å². The lowest BCUT2D eigenvalue weighted by atomic mass is 10.0. The minimum Gasteiger partial charge on any atom is -0.478 e. The third-order valence-electron chi connectivity index (χ3n) is 2.24. The Labute approximate surface area is 91.0 Å². The van der Waals surface area contributed by atoms with Crippen molar-refractivity contribution in [3.05, 3.63) is 42.0 Å². The molecule has 5 heteroatoms. The predicted octanol–water partition coefficient (Wildman–Crippen LogP) is 1.53. The van der Waals surface area contributed by atoms with E-state index < -0.39 is 5.97 Å². The van der Waals surface area contributed by atoms with Crippen LogP contribution in [0.15, 0.2) is 35.3 Å². The number of hydrogen-bond donors (Lipinski definition) is 2. The topological polar surface area (TPSA) is 83.6 Å². The SMILES string of the molecule is O=C(O)c1ccc(CO)c(-c2cocn2)c1. The third-order valence-corrected chi connectivity index (χ3v) is 2.24. The standard InChI is InChI=1S/C11H9NO4/c13-4-8-2-1-7(11(14)15)3-9(8)10-5-16-6-12-10/h1-3,5-6,13H,4H2,(H,14,15). The second-order valence-corrected chi connectivity index (χ2v) is 3.21. The lowest BCUT2D eigenvalue weighted by Crippen LogP contribution is -1.99. The molecule has 0 spiro atoms. The summed E-state index contributed by atoms with van der Waals surface area (Å²) in [6.07, 6.45) is 2.66. The summed E-state index contributed by atoms with van der Waals surface area (Å²) in [6.45, 7) is -0.178. The van der Waals surface area contributed by atoms with E-state index in [1.54, 1.807) is 6.07 Å². The molecule has 1 heterocycles. The van der Waals surface area contributed by atoms with Crippen LogP contribution in [0.3, 0.4) is 0 Å². The minimum atomic E-state index is -1.02. The van der Waals surface area contributed by atoms with Gasteiger partial charge in [0.05, 0.1) is 12.2 Å².